The van der Waals surface area contributed by atoms with Crippen LogP contribution in [0.25, 0.3) is 0 Å². The molecule has 1 aromatic carbocycles. The largest absolute Gasteiger partial charge is 0.347 e. The van der Waals surface area contributed by atoms with E-state index in [4.69, 9.17) is 11.6 Å². The van der Waals surface area contributed by atoms with Crippen molar-refractivity contribution in [3.8, 4) is 0 Å². The Labute approximate surface area is 152 Å². The van der Waals surface area contributed by atoms with Crippen LogP contribution in [0.4, 0.5) is 0 Å². The van der Waals surface area contributed by atoms with Gasteiger partial charge in [-0.3, -0.25) is 9.58 Å². The first kappa shape index (κ1) is 16.4. The Hall–Kier alpha value is -2.11. The maximum Gasteiger partial charge on any atom is 0.131 e. The van der Waals surface area contributed by atoms with Crippen LogP contribution in [0.1, 0.15) is 41.1 Å². The minimum absolute atomic E-state index is 0.275. The monoisotopic (exact) mass is 355 g/mol. The van der Waals surface area contributed by atoms with Gasteiger partial charge in [-0.1, -0.05) is 48.9 Å². The van der Waals surface area contributed by atoms with E-state index in [-0.39, 0.29) is 5.92 Å². The Balaban J connectivity index is 1.65. The first-order valence-corrected chi connectivity index (χ1v) is 9.04. The van der Waals surface area contributed by atoms with Crippen LogP contribution in [0, 0.1) is 0 Å². The number of benzene rings is 1. The summed E-state index contributed by atoms with van der Waals surface area (Å²) in [7, 11) is 1.90. The number of H-pyrrole nitrogens is 1. The van der Waals surface area contributed by atoms with E-state index >= 15 is 0 Å². The number of aryl methyl sites for hydroxylation is 2. The summed E-state index contributed by atoms with van der Waals surface area (Å²) in [6.07, 6.45) is 2.69. The lowest BCUT2D eigenvalue weighted by Gasteiger charge is -2.32. The van der Waals surface area contributed by atoms with Crippen molar-refractivity contribution in [2.45, 2.75) is 32.4 Å². The average Bonchev–Trinajstić information content (AvgIpc) is 3.21. The fourth-order valence-corrected chi connectivity index (χ4v) is 3.93. The molecule has 0 aliphatic carbocycles. The lowest BCUT2D eigenvalue weighted by atomic mass is 9.91. The molecule has 0 saturated carbocycles. The van der Waals surface area contributed by atoms with Crippen molar-refractivity contribution in [1.82, 2.24) is 24.6 Å². The Kier molecular flexibility index (Phi) is 4.36. The van der Waals surface area contributed by atoms with E-state index in [2.05, 4.69) is 57.2 Å². The predicted molar refractivity (Wildman–Crippen MR) is 98.6 cm³/mol. The summed E-state index contributed by atoms with van der Waals surface area (Å²) in [6.45, 7) is 4.71. The molecule has 0 radical (unpaired) electrons. The molecule has 1 N–H and O–H groups in total. The number of rotatable bonds is 4. The van der Waals surface area contributed by atoms with Crippen molar-refractivity contribution in [1.29, 1.82) is 0 Å². The number of aromatic nitrogens is 4. The van der Waals surface area contributed by atoms with Gasteiger partial charge >= 0.3 is 0 Å². The second kappa shape index (κ2) is 6.65. The molecule has 0 fully saturated rings. The molecule has 0 amide bonds. The second-order valence-corrected chi connectivity index (χ2v) is 6.95. The van der Waals surface area contributed by atoms with E-state index in [1.807, 2.05) is 7.05 Å². The Bertz CT molecular complexity index is 867. The number of hydrogen-bond acceptors (Lipinski definition) is 3. The molecule has 0 saturated heterocycles. The van der Waals surface area contributed by atoms with E-state index in [0.717, 1.165) is 48.2 Å². The van der Waals surface area contributed by atoms with Crippen LogP contribution < -0.4 is 0 Å². The quantitative estimate of drug-likeness (QED) is 0.779. The molecule has 3 heterocycles. The fraction of sp³-hybridized carbons (Fsp3) is 0.368. The zero-order chi connectivity index (χ0) is 17.4. The van der Waals surface area contributed by atoms with E-state index in [0.29, 0.717) is 0 Å². The van der Waals surface area contributed by atoms with Gasteiger partial charge in [0.1, 0.15) is 5.15 Å². The Morgan fingerprint density at radius 3 is 2.84 bits per heavy atom. The van der Waals surface area contributed by atoms with Gasteiger partial charge in [-0.05, 0) is 12.0 Å². The van der Waals surface area contributed by atoms with Gasteiger partial charge in [-0.15, -0.1) is 0 Å². The van der Waals surface area contributed by atoms with Crippen molar-refractivity contribution in [3.05, 3.63) is 70.0 Å². The maximum atomic E-state index is 6.50. The average molecular weight is 356 g/mol. The summed E-state index contributed by atoms with van der Waals surface area (Å²) in [5, 5.41) is 5.28. The molecule has 6 heteroatoms. The van der Waals surface area contributed by atoms with E-state index < -0.39 is 0 Å². The van der Waals surface area contributed by atoms with Crippen LogP contribution >= 0.6 is 11.6 Å². The third kappa shape index (κ3) is 2.98. The van der Waals surface area contributed by atoms with Crippen LogP contribution in [-0.2, 0) is 26.6 Å². The van der Waals surface area contributed by atoms with Gasteiger partial charge in [0.05, 0.1) is 23.4 Å². The van der Waals surface area contributed by atoms with Gasteiger partial charge in [0.15, 0.2) is 0 Å². The van der Waals surface area contributed by atoms with Gasteiger partial charge in [-0.2, -0.15) is 5.10 Å². The normalized spacial score (nSPS) is 17.6. The number of nitrogens with zero attached hydrogens (tertiary/aromatic N) is 4. The second-order valence-electron chi connectivity index (χ2n) is 6.59. The van der Waals surface area contributed by atoms with Crippen LogP contribution in [0.15, 0.2) is 36.7 Å². The number of imidazole rings is 1. The molecule has 1 aliphatic heterocycles. The van der Waals surface area contributed by atoms with Crippen LogP contribution in [0.2, 0.25) is 5.15 Å². The highest BCUT2D eigenvalue weighted by molar-refractivity contribution is 6.30. The van der Waals surface area contributed by atoms with Gasteiger partial charge < -0.3 is 4.98 Å². The van der Waals surface area contributed by atoms with Crippen molar-refractivity contribution in [2.24, 2.45) is 7.05 Å². The van der Waals surface area contributed by atoms with Crippen molar-refractivity contribution in [3.63, 3.8) is 0 Å². The highest BCUT2D eigenvalue weighted by Gasteiger charge is 2.30. The third-order valence-electron chi connectivity index (χ3n) is 4.97. The SMILES string of the molecule is CCc1nn(C)c(Cl)c1CN1Cc2[nH]cnc2C(c2ccccc2)C1. The lowest BCUT2D eigenvalue weighted by Crippen LogP contribution is -2.34. The van der Waals surface area contributed by atoms with E-state index in [1.54, 1.807) is 11.0 Å². The molecule has 1 unspecified atom stereocenters. The van der Waals surface area contributed by atoms with E-state index in [9.17, 15) is 0 Å². The molecule has 25 heavy (non-hydrogen) atoms. The zero-order valence-corrected chi connectivity index (χ0v) is 15.3. The topological polar surface area (TPSA) is 49.7 Å². The van der Waals surface area contributed by atoms with Gasteiger partial charge in [0.2, 0.25) is 0 Å². The molecular weight excluding hydrogens is 334 g/mol. The summed E-state index contributed by atoms with van der Waals surface area (Å²) in [6, 6.07) is 10.6. The van der Waals surface area contributed by atoms with Crippen molar-refractivity contribution in [2.75, 3.05) is 6.54 Å². The molecule has 3 aromatic rings. The summed E-state index contributed by atoms with van der Waals surface area (Å²) in [5.41, 5.74) is 5.88. The Morgan fingerprint density at radius 1 is 1.28 bits per heavy atom. The molecule has 2 aromatic heterocycles. The van der Waals surface area contributed by atoms with Gasteiger partial charge in [-0.25, -0.2) is 4.98 Å². The zero-order valence-electron chi connectivity index (χ0n) is 14.5. The van der Waals surface area contributed by atoms with Crippen LogP contribution in [0.3, 0.4) is 0 Å². The molecule has 1 aliphatic rings. The first-order chi connectivity index (χ1) is 12.2. The van der Waals surface area contributed by atoms with E-state index in [1.165, 1.54) is 11.3 Å². The van der Waals surface area contributed by atoms with Crippen LogP contribution in [-0.4, -0.2) is 31.2 Å². The highest BCUT2D eigenvalue weighted by atomic mass is 35.5. The molecular formula is C19H22ClN5. The minimum Gasteiger partial charge on any atom is -0.347 e. The molecule has 5 nitrogen and oxygen atoms in total. The standard InChI is InChI=1S/C19H22ClN5/c1-3-16-15(19(20)24(2)23-16)10-25-9-14(13-7-5-4-6-8-13)18-17(11-25)21-12-22-18/h4-8,12,14H,3,9-11H2,1-2H3,(H,21,22). The summed E-state index contributed by atoms with van der Waals surface area (Å²) in [4.78, 5) is 10.3. The summed E-state index contributed by atoms with van der Waals surface area (Å²) >= 11 is 6.50. The number of aromatic amines is 1. The highest BCUT2D eigenvalue weighted by Crippen LogP contribution is 2.33. The minimum atomic E-state index is 0.275. The van der Waals surface area contributed by atoms with Gasteiger partial charge in [0.25, 0.3) is 0 Å². The number of halogens is 1. The molecule has 1 atom stereocenters. The first-order valence-electron chi connectivity index (χ1n) is 8.67. The fourth-order valence-electron chi connectivity index (χ4n) is 3.72. The van der Waals surface area contributed by atoms with Crippen LogP contribution in [0.5, 0.6) is 0 Å². The van der Waals surface area contributed by atoms with Crippen molar-refractivity contribution >= 4 is 11.6 Å². The van der Waals surface area contributed by atoms with Gasteiger partial charge in [0, 0.05) is 38.2 Å². The number of fused-ring (bicyclic) bond motifs is 1. The smallest absolute Gasteiger partial charge is 0.131 e. The number of hydrogen-bond donors (Lipinski definition) is 1. The maximum absolute atomic E-state index is 6.50. The predicted octanol–water partition coefficient (Wildman–Crippen LogP) is 3.51. The molecule has 0 spiro atoms. The lowest BCUT2D eigenvalue weighted by molar-refractivity contribution is 0.227. The molecule has 4 rings (SSSR count). The summed E-state index contributed by atoms with van der Waals surface area (Å²) in [5.74, 6) is 0.275. The molecule has 0 bridgehead atoms. The third-order valence-corrected chi connectivity index (χ3v) is 5.45. The Morgan fingerprint density at radius 2 is 2.08 bits per heavy atom. The molecule has 130 valence electrons. The van der Waals surface area contributed by atoms with Crippen molar-refractivity contribution < 1.29 is 0 Å². The number of nitrogens with one attached hydrogen (secondary N) is 1. The summed E-state index contributed by atoms with van der Waals surface area (Å²) < 4.78 is 1.77.